The average Bonchev–Trinajstić information content (AvgIpc) is 3.68. The van der Waals surface area contributed by atoms with Crippen molar-refractivity contribution in [2.45, 2.75) is 69.0 Å². The van der Waals surface area contributed by atoms with Crippen LogP contribution in [0.2, 0.25) is 0 Å². The number of alkyl halides is 2. The summed E-state index contributed by atoms with van der Waals surface area (Å²) in [5.74, 6) is 0.468. The van der Waals surface area contributed by atoms with Gasteiger partial charge in [0.05, 0.1) is 5.52 Å². The molecule has 0 unspecified atom stereocenters. The van der Waals surface area contributed by atoms with Gasteiger partial charge in [0.2, 0.25) is 11.8 Å². The minimum Gasteiger partial charge on any atom is -0.351 e. The van der Waals surface area contributed by atoms with Crippen molar-refractivity contribution in [2.75, 3.05) is 0 Å². The lowest BCUT2D eigenvalue weighted by Crippen LogP contribution is -2.51. The van der Waals surface area contributed by atoms with Gasteiger partial charge in [0.25, 0.3) is 0 Å². The van der Waals surface area contributed by atoms with Crippen molar-refractivity contribution in [3.63, 3.8) is 0 Å². The van der Waals surface area contributed by atoms with E-state index in [9.17, 15) is 14.4 Å². The maximum absolute atomic E-state index is 13.6. The highest BCUT2D eigenvalue weighted by Crippen LogP contribution is 2.55. The van der Waals surface area contributed by atoms with Crippen molar-refractivity contribution in [3.8, 4) is 11.1 Å². The molecule has 0 bridgehead atoms. The van der Waals surface area contributed by atoms with Gasteiger partial charge in [-0.1, -0.05) is 6.07 Å². The molecular formula is C27H28Cl2N6O3. The zero-order valence-corrected chi connectivity index (χ0v) is 22.8. The number of piperidine rings is 1. The molecule has 0 spiro atoms. The molecule has 1 aliphatic heterocycles. The second-order valence-corrected chi connectivity index (χ2v) is 12.3. The number of Topliss-reactive ketones (excluding diaryl/α,β-unsaturated/α-hetero) is 1. The van der Waals surface area contributed by atoms with E-state index in [1.807, 2.05) is 32.0 Å². The molecule has 2 aliphatic carbocycles. The molecule has 3 aliphatic rings. The van der Waals surface area contributed by atoms with Gasteiger partial charge < -0.3 is 10.2 Å². The first-order chi connectivity index (χ1) is 18.0. The fourth-order valence-corrected chi connectivity index (χ4v) is 6.45. The molecule has 2 aromatic heterocycles. The number of likely N-dealkylation sites (tertiary alicyclic amines) is 1. The lowest BCUT2D eigenvalue weighted by molar-refractivity contribution is -0.140. The van der Waals surface area contributed by atoms with Gasteiger partial charge in [0.1, 0.15) is 28.4 Å². The van der Waals surface area contributed by atoms with Crippen molar-refractivity contribution in [1.29, 1.82) is 0 Å². The number of aromatic nitrogens is 4. The summed E-state index contributed by atoms with van der Waals surface area (Å²) in [6.07, 6.45) is 5.66. The van der Waals surface area contributed by atoms with Crippen LogP contribution < -0.4 is 5.32 Å². The summed E-state index contributed by atoms with van der Waals surface area (Å²) in [5, 5.41) is 8.20. The van der Waals surface area contributed by atoms with Crippen LogP contribution in [-0.4, -0.2) is 64.7 Å². The van der Waals surface area contributed by atoms with Crippen molar-refractivity contribution in [1.82, 2.24) is 30.0 Å². The first-order valence-electron chi connectivity index (χ1n) is 12.8. The van der Waals surface area contributed by atoms with Crippen molar-refractivity contribution in [2.24, 2.45) is 11.8 Å². The second kappa shape index (κ2) is 9.02. The molecule has 0 radical (unpaired) electrons. The van der Waals surface area contributed by atoms with Crippen molar-refractivity contribution < 1.29 is 14.4 Å². The minimum atomic E-state index is -0.790. The number of hydrogen-bond acceptors (Lipinski definition) is 6. The van der Waals surface area contributed by atoms with Crippen LogP contribution in [0.3, 0.4) is 0 Å². The first-order valence-corrected chi connectivity index (χ1v) is 13.6. The van der Waals surface area contributed by atoms with Crippen LogP contribution in [0, 0.1) is 18.8 Å². The highest BCUT2D eigenvalue weighted by atomic mass is 35.5. The van der Waals surface area contributed by atoms with Gasteiger partial charge in [0, 0.05) is 48.3 Å². The number of carbonyl (C=O) groups is 3. The summed E-state index contributed by atoms with van der Waals surface area (Å²) >= 11 is 12.4. The van der Waals surface area contributed by atoms with Crippen molar-refractivity contribution >= 4 is 51.7 Å². The van der Waals surface area contributed by atoms with E-state index >= 15 is 0 Å². The van der Waals surface area contributed by atoms with Crippen LogP contribution in [0.4, 0.5) is 0 Å². The molecule has 1 saturated heterocycles. The van der Waals surface area contributed by atoms with Crippen LogP contribution in [0.1, 0.15) is 49.4 Å². The number of benzene rings is 1. The van der Waals surface area contributed by atoms with Crippen LogP contribution in [0.25, 0.3) is 22.0 Å². The zero-order chi connectivity index (χ0) is 26.9. The standard InChI is InChI=1S/C27H28Cl2N6O3/c1-13(20-9-27(20,28)29)32-26(38)23-8-17-7-22(17)35(23)24(37)12-34-21-5-4-16(18-10-30-15(3)31-11-18)6-19(21)25(33-34)14(2)36/h4-6,10-11,13,17,20,22-23H,7-9,12H2,1-3H3,(H,32,38)/t13-,17-,20-,22-,23+/m1/s1. The summed E-state index contributed by atoms with van der Waals surface area (Å²) < 4.78 is 0.776. The van der Waals surface area contributed by atoms with Gasteiger partial charge in [-0.2, -0.15) is 5.10 Å². The number of nitrogens with zero attached hydrogens (tertiary/aromatic N) is 5. The predicted molar refractivity (Wildman–Crippen MR) is 143 cm³/mol. The number of ketones is 1. The van der Waals surface area contributed by atoms with E-state index in [4.69, 9.17) is 23.2 Å². The maximum atomic E-state index is 13.6. The monoisotopic (exact) mass is 554 g/mol. The van der Waals surface area contributed by atoms with Crippen LogP contribution in [-0.2, 0) is 16.1 Å². The Morgan fingerprint density at radius 2 is 1.87 bits per heavy atom. The maximum Gasteiger partial charge on any atom is 0.245 e. The summed E-state index contributed by atoms with van der Waals surface area (Å²) in [7, 11) is 0. The molecule has 3 heterocycles. The van der Waals surface area contributed by atoms with E-state index in [1.165, 1.54) is 6.92 Å². The highest BCUT2D eigenvalue weighted by Gasteiger charge is 2.58. The average molecular weight is 555 g/mol. The molecule has 38 heavy (non-hydrogen) atoms. The number of hydrogen-bond donors (Lipinski definition) is 1. The molecule has 5 atom stereocenters. The molecule has 9 nitrogen and oxygen atoms in total. The second-order valence-electron chi connectivity index (χ2n) is 10.8. The van der Waals surface area contributed by atoms with Crippen molar-refractivity contribution in [3.05, 3.63) is 42.1 Å². The van der Waals surface area contributed by atoms with E-state index in [0.717, 1.165) is 17.5 Å². The smallest absolute Gasteiger partial charge is 0.245 e. The van der Waals surface area contributed by atoms with Gasteiger partial charge in [-0.25, -0.2) is 9.97 Å². The Kier molecular flexibility index (Phi) is 5.99. The lowest BCUT2D eigenvalue weighted by Gasteiger charge is -2.28. The van der Waals surface area contributed by atoms with E-state index in [0.29, 0.717) is 41.2 Å². The van der Waals surface area contributed by atoms with E-state index in [1.54, 1.807) is 22.0 Å². The third-order valence-electron chi connectivity index (χ3n) is 8.03. The summed E-state index contributed by atoms with van der Waals surface area (Å²) in [6.45, 7) is 5.11. The summed E-state index contributed by atoms with van der Waals surface area (Å²) in [6, 6.07) is 5.00. The Bertz CT molecular complexity index is 1470. The fraction of sp³-hybridized carbons (Fsp3) is 0.481. The molecular weight excluding hydrogens is 527 g/mol. The molecule has 11 heteroatoms. The number of carbonyl (C=O) groups excluding carboxylic acids is 3. The third-order valence-corrected chi connectivity index (χ3v) is 8.90. The van der Waals surface area contributed by atoms with Gasteiger partial charge in [-0.05, 0) is 56.7 Å². The fourth-order valence-electron chi connectivity index (χ4n) is 5.74. The molecule has 3 fully saturated rings. The lowest BCUT2D eigenvalue weighted by atomic mass is 10.0. The molecule has 2 saturated carbocycles. The first kappa shape index (κ1) is 25.2. The minimum absolute atomic E-state index is 0.00618. The highest BCUT2D eigenvalue weighted by molar-refractivity contribution is 6.51. The van der Waals surface area contributed by atoms with Gasteiger partial charge in [0.15, 0.2) is 5.78 Å². The van der Waals surface area contributed by atoms with Gasteiger partial charge >= 0.3 is 0 Å². The molecule has 198 valence electrons. The van der Waals surface area contributed by atoms with Crippen LogP contribution >= 0.6 is 23.2 Å². The number of rotatable bonds is 7. The number of aryl methyl sites for hydroxylation is 1. The Labute approximate surface area is 229 Å². The van der Waals surface area contributed by atoms with E-state index < -0.39 is 10.4 Å². The van der Waals surface area contributed by atoms with Crippen LogP contribution in [0.5, 0.6) is 0 Å². The van der Waals surface area contributed by atoms with Gasteiger partial charge in [-0.15, -0.1) is 23.2 Å². The number of nitrogens with one attached hydrogen (secondary N) is 1. The van der Waals surface area contributed by atoms with E-state index in [-0.39, 0.29) is 42.1 Å². The SMILES string of the molecule is CC(=O)c1nn(CC(=O)N2[C@@H]3C[C@@H]3C[C@H]2C(=O)N[C@H](C)[C@H]2CC2(Cl)Cl)c2ccc(-c3cnc(C)nc3)cc12. The Morgan fingerprint density at radius 1 is 1.16 bits per heavy atom. The molecule has 3 aromatic rings. The predicted octanol–water partition coefficient (Wildman–Crippen LogP) is 3.69. The largest absolute Gasteiger partial charge is 0.351 e. The molecule has 1 aromatic carbocycles. The summed E-state index contributed by atoms with van der Waals surface area (Å²) in [4.78, 5) is 49.4. The number of halogens is 2. The Balaban J connectivity index is 1.24. The Morgan fingerprint density at radius 3 is 2.53 bits per heavy atom. The van der Waals surface area contributed by atoms with Gasteiger partial charge in [-0.3, -0.25) is 19.1 Å². The quantitative estimate of drug-likeness (QED) is 0.352. The van der Waals surface area contributed by atoms with E-state index in [2.05, 4.69) is 20.4 Å². The third kappa shape index (κ3) is 4.45. The zero-order valence-electron chi connectivity index (χ0n) is 21.3. The molecule has 1 N–H and O–H groups in total. The Hall–Kier alpha value is -3.04. The topological polar surface area (TPSA) is 110 Å². The molecule has 6 rings (SSSR count). The van der Waals surface area contributed by atoms with Crippen LogP contribution in [0.15, 0.2) is 30.6 Å². The normalized spacial score (nSPS) is 25.7. The number of amides is 2. The number of fused-ring (bicyclic) bond motifs is 2. The summed E-state index contributed by atoms with van der Waals surface area (Å²) in [5.41, 5.74) is 2.65. The molecule has 2 amide bonds.